The monoisotopic (exact) mass is 262 g/mol. The molecule has 0 aromatic heterocycles. The number of hydrogen-bond donors (Lipinski definition) is 2. The van der Waals surface area contributed by atoms with Crippen LogP contribution in [0.1, 0.15) is 26.7 Å². The first-order valence-electron chi connectivity index (χ1n) is 5.82. The van der Waals surface area contributed by atoms with Gasteiger partial charge in [-0.15, -0.1) is 0 Å². The first-order valence-corrected chi connectivity index (χ1v) is 7.37. The second-order valence-corrected chi connectivity index (χ2v) is 7.60. The Morgan fingerprint density at radius 3 is 2.53 bits per heavy atom. The second kappa shape index (κ2) is 4.35. The van der Waals surface area contributed by atoms with Gasteiger partial charge in [-0.2, -0.15) is 0 Å². The Morgan fingerprint density at radius 1 is 1.47 bits per heavy atom. The Morgan fingerprint density at radius 2 is 2.06 bits per heavy atom. The Bertz CT molecular complexity index is 363. The normalized spacial score (nSPS) is 46.9. The number of rotatable bonds is 2. The molecule has 98 valence electrons. The van der Waals surface area contributed by atoms with Gasteiger partial charge in [0, 0.05) is 5.92 Å². The van der Waals surface area contributed by atoms with E-state index in [0.29, 0.717) is 26.1 Å². The van der Waals surface area contributed by atoms with Crippen molar-refractivity contribution in [2.24, 2.45) is 11.7 Å². The number of nitrogens with two attached hydrogens (primary N) is 1. The molecular formula is C10H19N2O4P. The zero-order valence-electron chi connectivity index (χ0n) is 10.1. The molecule has 2 heterocycles. The maximum atomic E-state index is 12.6. The molecule has 1 amide bonds. The van der Waals surface area contributed by atoms with E-state index in [9.17, 15) is 9.36 Å². The van der Waals surface area contributed by atoms with Gasteiger partial charge in [0.25, 0.3) is 0 Å². The van der Waals surface area contributed by atoms with Crippen LogP contribution in [0.3, 0.4) is 0 Å². The molecule has 2 aliphatic heterocycles. The number of carbonyl (C=O) groups excluding carboxylic acids is 1. The van der Waals surface area contributed by atoms with Crippen molar-refractivity contribution in [3.63, 3.8) is 0 Å². The van der Waals surface area contributed by atoms with Crippen LogP contribution < -0.4 is 11.1 Å². The summed E-state index contributed by atoms with van der Waals surface area (Å²) in [5.41, 5.74) is 5.24. The lowest BCUT2D eigenvalue weighted by Gasteiger charge is -2.37. The summed E-state index contributed by atoms with van der Waals surface area (Å²) in [4.78, 5) is 11.1. The summed E-state index contributed by atoms with van der Waals surface area (Å²) in [6.07, 6.45) is 1.13. The van der Waals surface area contributed by atoms with Crippen LogP contribution in [0.15, 0.2) is 0 Å². The van der Waals surface area contributed by atoms with E-state index < -0.39 is 24.8 Å². The first kappa shape index (κ1) is 13.0. The summed E-state index contributed by atoms with van der Waals surface area (Å²) >= 11 is 0. The topological polar surface area (TPSA) is 90.7 Å². The van der Waals surface area contributed by atoms with Crippen LogP contribution in [0.2, 0.25) is 0 Å². The van der Waals surface area contributed by atoms with Gasteiger partial charge in [0.15, 0.2) is 0 Å². The highest BCUT2D eigenvalue weighted by Gasteiger charge is 2.54. The molecule has 3 N–H and O–H groups in total. The first-order chi connectivity index (χ1) is 7.86. The van der Waals surface area contributed by atoms with Crippen molar-refractivity contribution in [2.45, 2.75) is 38.0 Å². The number of nitrogens with one attached hydrogen (secondary N) is 1. The SMILES string of the molecule is CC1COP(=O)(C2(C)CCC(C(N)=O)N2)OC1. The van der Waals surface area contributed by atoms with Gasteiger partial charge in [-0.25, -0.2) is 0 Å². The quantitative estimate of drug-likeness (QED) is 0.719. The minimum atomic E-state index is -3.21. The molecule has 0 radical (unpaired) electrons. The fourth-order valence-corrected chi connectivity index (χ4v) is 4.46. The molecule has 0 spiro atoms. The molecule has 0 saturated carbocycles. The summed E-state index contributed by atoms with van der Waals surface area (Å²) in [6.45, 7) is 4.60. The van der Waals surface area contributed by atoms with Crippen LogP contribution in [-0.4, -0.2) is 30.4 Å². The predicted molar refractivity (Wildman–Crippen MR) is 62.4 cm³/mol. The van der Waals surface area contributed by atoms with Gasteiger partial charge < -0.3 is 14.8 Å². The lowest BCUT2D eigenvalue weighted by molar-refractivity contribution is -0.119. The van der Waals surface area contributed by atoms with E-state index in [1.54, 1.807) is 6.92 Å². The lowest BCUT2D eigenvalue weighted by atomic mass is 10.2. The van der Waals surface area contributed by atoms with Crippen molar-refractivity contribution in [1.29, 1.82) is 0 Å². The Hall–Kier alpha value is -0.420. The van der Waals surface area contributed by atoms with Gasteiger partial charge in [-0.1, -0.05) is 6.92 Å². The van der Waals surface area contributed by atoms with E-state index in [1.807, 2.05) is 6.92 Å². The van der Waals surface area contributed by atoms with E-state index in [2.05, 4.69) is 5.32 Å². The van der Waals surface area contributed by atoms with Crippen LogP contribution in [0.4, 0.5) is 0 Å². The molecular weight excluding hydrogens is 243 g/mol. The lowest BCUT2D eigenvalue weighted by Crippen LogP contribution is -2.47. The third-order valence-electron chi connectivity index (χ3n) is 3.41. The summed E-state index contributed by atoms with van der Waals surface area (Å²) in [7, 11) is -3.21. The smallest absolute Gasteiger partial charge is 0.350 e. The molecule has 0 bridgehead atoms. The van der Waals surface area contributed by atoms with E-state index >= 15 is 0 Å². The fraction of sp³-hybridized carbons (Fsp3) is 0.900. The van der Waals surface area contributed by atoms with Crippen LogP contribution in [0.25, 0.3) is 0 Å². The number of carbonyl (C=O) groups is 1. The van der Waals surface area contributed by atoms with Gasteiger partial charge in [0.05, 0.1) is 19.3 Å². The van der Waals surface area contributed by atoms with Gasteiger partial charge in [0.1, 0.15) is 5.28 Å². The Labute approximate surface area is 101 Å². The molecule has 0 aromatic carbocycles. The minimum absolute atomic E-state index is 0.244. The van der Waals surface area contributed by atoms with Crippen molar-refractivity contribution >= 4 is 13.5 Å². The second-order valence-electron chi connectivity index (χ2n) is 5.11. The van der Waals surface area contributed by atoms with Crippen LogP contribution >= 0.6 is 7.60 Å². The maximum absolute atomic E-state index is 12.6. The van der Waals surface area contributed by atoms with Crippen molar-refractivity contribution in [3.8, 4) is 0 Å². The Balaban J connectivity index is 2.11. The molecule has 7 heteroatoms. The molecule has 2 aliphatic rings. The van der Waals surface area contributed by atoms with Gasteiger partial charge in [-0.05, 0) is 19.8 Å². The zero-order valence-corrected chi connectivity index (χ0v) is 11.0. The molecule has 2 rings (SSSR count). The molecule has 2 fully saturated rings. The van der Waals surface area contributed by atoms with Crippen molar-refractivity contribution in [3.05, 3.63) is 0 Å². The van der Waals surface area contributed by atoms with Gasteiger partial charge in [-0.3, -0.25) is 14.7 Å². The average Bonchev–Trinajstić information content (AvgIpc) is 2.68. The van der Waals surface area contributed by atoms with Crippen LogP contribution in [-0.2, 0) is 18.4 Å². The van der Waals surface area contributed by atoms with E-state index in [1.165, 1.54) is 0 Å². The van der Waals surface area contributed by atoms with Crippen molar-refractivity contribution < 1.29 is 18.4 Å². The van der Waals surface area contributed by atoms with Gasteiger partial charge >= 0.3 is 7.60 Å². The number of primary amides is 1. The van der Waals surface area contributed by atoms with Crippen LogP contribution in [0.5, 0.6) is 0 Å². The minimum Gasteiger partial charge on any atom is -0.368 e. The third-order valence-corrected chi connectivity index (χ3v) is 5.95. The van der Waals surface area contributed by atoms with Crippen molar-refractivity contribution in [1.82, 2.24) is 5.32 Å². The molecule has 17 heavy (non-hydrogen) atoms. The summed E-state index contributed by atoms with van der Waals surface area (Å²) in [5.74, 6) is -0.181. The third kappa shape index (κ3) is 2.27. The summed E-state index contributed by atoms with van der Waals surface area (Å²) < 4.78 is 23.4. The molecule has 2 atom stereocenters. The fourth-order valence-electron chi connectivity index (χ4n) is 2.20. The standard InChI is InChI=1S/C10H19N2O4P/c1-7-5-15-17(14,16-6-7)10(2)4-3-8(12-10)9(11)13/h7-8,12H,3-6H2,1-2H3,(H2,11,13). The Kier molecular flexibility index (Phi) is 3.34. The van der Waals surface area contributed by atoms with Crippen LogP contribution in [0, 0.1) is 5.92 Å². The molecule has 0 aromatic rings. The summed E-state index contributed by atoms with van der Waals surface area (Å²) in [5, 5.41) is 2.21. The highest BCUT2D eigenvalue weighted by molar-refractivity contribution is 7.55. The van der Waals surface area contributed by atoms with Crippen molar-refractivity contribution in [2.75, 3.05) is 13.2 Å². The largest absolute Gasteiger partial charge is 0.368 e. The molecule has 0 aliphatic carbocycles. The van der Waals surface area contributed by atoms with Gasteiger partial charge in [0.2, 0.25) is 5.91 Å². The van der Waals surface area contributed by atoms with E-state index in [-0.39, 0.29) is 5.92 Å². The van der Waals surface area contributed by atoms with E-state index in [4.69, 9.17) is 14.8 Å². The predicted octanol–water partition coefficient (Wildman–Crippen LogP) is 0.816. The van der Waals surface area contributed by atoms with E-state index in [0.717, 1.165) is 0 Å². The average molecular weight is 262 g/mol. The summed E-state index contributed by atoms with van der Waals surface area (Å²) in [6, 6.07) is -0.447. The number of hydrogen-bond acceptors (Lipinski definition) is 5. The highest BCUT2D eigenvalue weighted by Crippen LogP contribution is 2.63. The molecule has 2 unspecified atom stereocenters. The molecule has 2 saturated heterocycles. The molecule has 6 nitrogen and oxygen atoms in total. The zero-order chi connectivity index (χ0) is 12.7. The highest BCUT2D eigenvalue weighted by atomic mass is 31.2. The number of amides is 1. The maximum Gasteiger partial charge on any atom is 0.350 e.